The van der Waals surface area contributed by atoms with Crippen molar-refractivity contribution in [2.24, 2.45) is 0 Å². The molecule has 0 atom stereocenters. The van der Waals surface area contributed by atoms with Crippen molar-refractivity contribution in [2.45, 2.75) is 0 Å². The van der Waals surface area contributed by atoms with E-state index in [0.29, 0.717) is 23.0 Å². The topological polar surface area (TPSA) is 62.5 Å². The highest BCUT2D eigenvalue weighted by molar-refractivity contribution is 7.26. The minimum Gasteiger partial charge on any atom is -0.208 e. The fraction of sp³-hybridized carbons (Fsp3) is 0. The number of fused-ring (bicyclic) bond motifs is 3. The fourth-order valence-electron chi connectivity index (χ4n) is 7.30. The summed E-state index contributed by atoms with van der Waals surface area (Å²) in [5.74, 6) is 1.83. The van der Waals surface area contributed by atoms with Crippen LogP contribution in [0.4, 0.5) is 0 Å². The second kappa shape index (κ2) is 11.7. The van der Waals surface area contributed by atoms with Gasteiger partial charge in [-0.05, 0) is 86.3 Å². The summed E-state index contributed by atoms with van der Waals surface area (Å²) in [6.07, 6.45) is 0. The second-order valence-electron chi connectivity index (χ2n) is 12.8. The van der Waals surface area contributed by atoms with Crippen molar-refractivity contribution in [3.05, 3.63) is 163 Å². The molecule has 2 aromatic heterocycles. The summed E-state index contributed by atoms with van der Waals surface area (Å²) in [7, 11) is 0. The van der Waals surface area contributed by atoms with Crippen LogP contribution in [0.25, 0.3) is 98.1 Å². The van der Waals surface area contributed by atoms with Gasteiger partial charge in [0.2, 0.25) is 0 Å². The highest BCUT2D eigenvalue weighted by Gasteiger charge is 2.18. The maximum absolute atomic E-state index is 10.2. The van der Waals surface area contributed by atoms with Gasteiger partial charge < -0.3 is 0 Å². The highest BCUT2D eigenvalue weighted by atomic mass is 32.1. The maximum Gasteiger partial charge on any atom is 0.164 e. The maximum atomic E-state index is 10.2. The molecule has 0 aliphatic heterocycles. The van der Waals surface area contributed by atoms with Gasteiger partial charge in [-0.25, -0.2) is 15.0 Å². The summed E-state index contributed by atoms with van der Waals surface area (Å²) in [5, 5.41) is 17.9. The molecule has 0 saturated carbocycles. The summed E-state index contributed by atoms with van der Waals surface area (Å²) in [5.41, 5.74) is 7.37. The van der Waals surface area contributed by atoms with E-state index in [0.717, 1.165) is 38.9 Å². The van der Waals surface area contributed by atoms with Crippen molar-refractivity contribution >= 4 is 53.1 Å². The largest absolute Gasteiger partial charge is 0.208 e. The van der Waals surface area contributed by atoms with Crippen LogP contribution in [0.1, 0.15) is 5.56 Å². The Kier molecular flexibility index (Phi) is 6.70. The van der Waals surface area contributed by atoms with E-state index in [2.05, 4.69) is 78.9 Å². The van der Waals surface area contributed by atoms with Crippen molar-refractivity contribution in [1.29, 1.82) is 5.26 Å². The minimum absolute atomic E-state index is 0.591. The van der Waals surface area contributed by atoms with Gasteiger partial charge in [0.1, 0.15) is 0 Å². The number of thiophene rings is 1. The highest BCUT2D eigenvalue weighted by Crippen LogP contribution is 2.47. The van der Waals surface area contributed by atoms with Crippen LogP contribution in [0.3, 0.4) is 0 Å². The van der Waals surface area contributed by atoms with Gasteiger partial charge in [0.25, 0.3) is 0 Å². The number of nitriles is 1. The lowest BCUT2D eigenvalue weighted by Crippen LogP contribution is -2.00. The summed E-state index contributed by atoms with van der Waals surface area (Å²) in [4.78, 5) is 14.8. The van der Waals surface area contributed by atoms with Crippen molar-refractivity contribution in [3.8, 4) is 62.5 Å². The first-order chi connectivity index (χ1) is 25.2. The lowest BCUT2D eigenvalue weighted by molar-refractivity contribution is 1.07. The van der Waals surface area contributed by atoms with E-state index in [9.17, 15) is 5.26 Å². The average molecular weight is 667 g/mol. The molecule has 4 nitrogen and oxygen atoms in total. The van der Waals surface area contributed by atoms with E-state index in [1.54, 1.807) is 0 Å². The van der Waals surface area contributed by atoms with Crippen molar-refractivity contribution in [1.82, 2.24) is 15.0 Å². The standard InChI is InChI=1S/C46H26N4S/c47-27-28-21-33(24-34(22-28)35-25-39-37-18-8-7-17-36(37)38-19-10-20-40-42(38)43(39)41(26-35)51-40)31-15-9-16-32(23-31)46-49-44(29-11-3-1-4-12-29)48-45(50-46)30-13-5-2-6-14-30/h1-26H. The average Bonchev–Trinajstić information content (AvgIpc) is 3.60. The van der Waals surface area contributed by atoms with Crippen molar-refractivity contribution < 1.29 is 0 Å². The van der Waals surface area contributed by atoms with Crippen molar-refractivity contribution in [2.75, 3.05) is 0 Å². The molecule has 10 aromatic rings. The van der Waals surface area contributed by atoms with Crippen molar-refractivity contribution in [3.63, 3.8) is 0 Å². The molecule has 0 N–H and O–H groups in total. The molecule has 0 radical (unpaired) electrons. The molecule has 0 fully saturated rings. The summed E-state index contributed by atoms with van der Waals surface area (Å²) < 4.78 is 2.55. The second-order valence-corrected chi connectivity index (χ2v) is 13.8. The monoisotopic (exact) mass is 666 g/mol. The summed E-state index contributed by atoms with van der Waals surface area (Å²) >= 11 is 1.83. The fourth-order valence-corrected chi connectivity index (χ4v) is 8.50. The summed E-state index contributed by atoms with van der Waals surface area (Å²) in [6, 6.07) is 56.7. The predicted octanol–water partition coefficient (Wildman–Crippen LogP) is 12.2. The first-order valence-electron chi connectivity index (χ1n) is 16.8. The Bertz CT molecular complexity index is 2920. The zero-order chi connectivity index (χ0) is 33.9. The summed E-state index contributed by atoms with van der Waals surface area (Å²) in [6.45, 7) is 0. The molecule has 0 bridgehead atoms. The van der Waals surface area contributed by atoms with Crippen LogP contribution in [-0.4, -0.2) is 15.0 Å². The Morgan fingerprint density at radius 2 is 0.863 bits per heavy atom. The molecule has 0 spiro atoms. The zero-order valence-electron chi connectivity index (χ0n) is 27.2. The van der Waals surface area contributed by atoms with Crippen LogP contribution in [0, 0.1) is 11.3 Å². The Hall–Kier alpha value is -6.74. The first kappa shape index (κ1) is 29.2. The van der Waals surface area contributed by atoms with Gasteiger partial charge >= 0.3 is 0 Å². The lowest BCUT2D eigenvalue weighted by Gasteiger charge is -2.13. The van der Waals surface area contributed by atoms with Crippen LogP contribution in [0.5, 0.6) is 0 Å². The van der Waals surface area contributed by atoms with E-state index >= 15 is 0 Å². The predicted molar refractivity (Wildman–Crippen MR) is 211 cm³/mol. The number of hydrogen-bond donors (Lipinski definition) is 0. The molecule has 10 rings (SSSR count). The molecule has 0 aliphatic carbocycles. The number of aromatic nitrogens is 3. The van der Waals surface area contributed by atoms with Crippen LogP contribution >= 0.6 is 11.3 Å². The third kappa shape index (κ3) is 4.93. The first-order valence-corrected chi connectivity index (χ1v) is 17.6. The molecule has 236 valence electrons. The molecule has 5 heteroatoms. The molecule has 0 unspecified atom stereocenters. The molecule has 0 amide bonds. The van der Waals surface area contributed by atoms with Gasteiger partial charge in [-0.15, -0.1) is 11.3 Å². The molecule has 0 aliphatic rings. The van der Waals surface area contributed by atoms with Crippen LogP contribution in [0.15, 0.2) is 158 Å². The van der Waals surface area contributed by atoms with E-state index in [1.165, 1.54) is 41.7 Å². The van der Waals surface area contributed by atoms with Crippen LogP contribution < -0.4 is 0 Å². The quantitative estimate of drug-likeness (QED) is 0.172. The lowest BCUT2D eigenvalue weighted by atomic mass is 9.91. The third-order valence-corrected chi connectivity index (χ3v) is 10.8. The van der Waals surface area contributed by atoms with Gasteiger partial charge in [-0.3, -0.25) is 0 Å². The van der Waals surface area contributed by atoms with Gasteiger partial charge in [0.05, 0.1) is 11.6 Å². The van der Waals surface area contributed by atoms with Crippen LogP contribution in [0.2, 0.25) is 0 Å². The number of benzene rings is 8. The Morgan fingerprint density at radius 1 is 0.373 bits per heavy atom. The minimum atomic E-state index is 0.591. The number of hydrogen-bond acceptors (Lipinski definition) is 5. The normalized spacial score (nSPS) is 11.5. The molecule has 51 heavy (non-hydrogen) atoms. The Morgan fingerprint density at radius 3 is 1.55 bits per heavy atom. The third-order valence-electron chi connectivity index (χ3n) is 9.65. The molecular formula is C46H26N4S. The Balaban J connectivity index is 1.13. The number of nitrogens with zero attached hydrogens (tertiary/aromatic N) is 4. The van der Waals surface area contributed by atoms with E-state index in [4.69, 9.17) is 15.0 Å². The molecule has 2 heterocycles. The Labute approximate surface area is 297 Å². The smallest absolute Gasteiger partial charge is 0.164 e. The number of rotatable bonds is 5. The van der Waals surface area contributed by atoms with Gasteiger partial charge in [-0.2, -0.15) is 5.26 Å². The van der Waals surface area contributed by atoms with Gasteiger partial charge in [0.15, 0.2) is 17.5 Å². The molecular weight excluding hydrogens is 641 g/mol. The van der Waals surface area contributed by atoms with Gasteiger partial charge in [-0.1, -0.05) is 115 Å². The van der Waals surface area contributed by atoms with E-state index in [1.807, 2.05) is 96.3 Å². The SMILES string of the molecule is N#Cc1cc(-c2cccc(-c3nc(-c4ccccc4)nc(-c4ccccc4)n3)c2)cc(-c2cc3sc4cccc5c6ccccc6c(c2)c3c45)c1. The van der Waals surface area contributed by atoms with E-state index < -0.39 is 0 Å². The van der Waals surface area contributed by atoms with Crippen LogP contribution in [-0.2, 0) is 0 Å². The molecule has 8 aromatic carbocycles. The van der Waals surface area contributed by atoms with Gasteiger partial charge in [0, 0.05) is 36.9 Å². The van der Waals surface area contributed by atoms with E-state index in [-0.39, 0.29) is 0 Å². The molecule has 0 saturated heterocycles. The zero-order valence-corrected chi connectivity index (χ0v) is 28.0.